The molecular weight excluding hydrogens is 1240 g/mol. The summed E-state index contributed by atoms with van der Waals surface area (Å²) in [4.78, 5) is 79.7. The van der Waals surface area contributed by atoms with E-state index < -0.39 is 59.2 Å². The summed E-state index contributed by atoms with van der Waals surface area (Å²) in [6, 6.07) is 32.1. The van der Waals surface area contributed by atoms with Crippen molar-refractivity contribution < 1.29 is 68.9 Å². The standard InChI is InChI=1S/C72H87F7N8O8/c1-81(32-13-5-15-34-86-43-42-85(48-65(86)89)33-14-4-8-22-64(88)82(2)40-41-83-35-27-59(28-36-83)95-68(92)80-62-21-12-10-19-60(62)52-16-6-3-7-17-52)66(90)49-93-63-46-53-18-9-11-20-61(53)69(63)29-37-84(38-30-69)39-31-70(55-23-25-58(73)26-24-55)50-87(51-94-70)67(91)54-44-56(71(74,75)76)47-57(45-54)72(77,78)79/h3,6-7,9-12,16-21,23-26,44-45,47,59,63H,4-5,8,13-15,22,27-43,46,48-51H2,1-2H3,(H,80,92)/t63-,70-/m0/s1. The molecule has 10 rings (SSSR count). The number of halogens is 7. The van der Waals surface area contributed by atoms with Crippen LogP contribution in [-0.2, 0) is 58.4 Å². The lowest BCUT2D eigenvalue weighted by Crippen LogP contribution is -2.50. The van der Waals surface area contributed by atoms with Gasteiger partial charge in [0, 0.05) is 96.0 Å². The summed E-state index contributed by atoms with van der Waals surface area (Å²) in [7, 11) is 3.64. The minimum Gasteiger partial charge on any atom is -0.446 e. The third kappa shape index (κ3) is 18.2. The number of alkyl halides is 6. The Labute approximate surface area is 551 Å². The minimum absolute atomic E-state index is 0.0240. The summed E-state index contributed by atoms with van der Waals surface area (Å²) in [6.07, 6.45) is -1.89. The predicted octanol–water partition coefficient (Wildman–Crippen LogP) is 11.7. The van der Waals surface area contributed by atoms with Gasteiger partial charge in [0.15, 0.2) is 0 Å². The number of rotatable bonds is 26. The Morgan fingerprint density at radius 1 is 0.663 bits per heavy atom. The maximum absolute atomic E-state index is 14.2. The Bertz CT molecular complexity index is 3390. The lowest BCUT2D eigenvalue weighted by Gasteiger charge is -2.44. The maximum Gasteiger partial charge on any atom is 0.416 e. The second kappa shape index (κ2) is 31.6. The number of ether oxygens (including phenoxy) is 3. The monoisotopic (exact) mass is 1320 g/mol. The zero-order valence-electron chi connectivity index (χ0n) is 54.3. The van der Waals surface area contributed by atoms with Crippen molar-refractivity contribution in [2.45, 2.75) is 119 Å². The van der Waals surface area contributed by atoms with Crippen LogP contribution in [0, 0.1) is 5.82 Å². The molecule has 0 radical (unpaired) electrons. The summed E-state index contributed by atoms with van der Waals surface area (Å²) in [5, 5.41) is 2.93. The Morgan fingerprint density at radius 3 is 2.03 bits per heavy atom. The molecule has 0 bridgehead atoms. The summed E-state index contributed by atoms with van der Waals surface area (Å²) in [6.45, 7) is 7.81. The quantitative estimate of drug-likeness (QED) is 0.0417. The highest BCUT2D eigenvalue weighted by atomic mass is 19.4. The highest BCUT2D eigenvalue weighted by Gasteiger charge is 2.50. The van der Waals surface area contributed by atoms with Gasteiger partial charge < -0.3 is 43.6 Å². The second-order valence-electron chi connectivity index (χ2n) is 26.1. The number of unbranched alkanes of at least 4 members (excludes halogenated alkanes) is 4. The van der Waals surface area contributed by atoms with Gasteiger partial charge in [-0.25, -0.2) is 9.18 Å². The number of likely N-dealkylation sites (N-methyl/N-ethyl adjacent to an activating group) is 2. The Balaban J connectivity index is 0.587. The van der Waals surface area contributed by atoms with Crippen LogP contribution in [0.25, 0.3) is 11.1 Å². The van der Waals surface area contributed by atoms with Gasteiger partial charge in [-0.3, -0.25) is 29.4 Å². The number of fused-ring (bicyclic) bond motifs is 2. The van der Waals surface area contributed by atoms with E-state index in [1.165, 1.54) is 29.8 Å². The van der Waals surface area contributed by atoms with Crippen molar-refractivity contribution in [2.24, 2.45) is 0 Å². The fourth-order valence-corrected chi connectivity index (χ4v) is 14.1. The van der Waals surface area contributed by atoms with E-state index in [1.54, 1.807) is 16.8 Å². The molecule has 4 saturated heterocycles. The number of piperazine rings is 1. The number of likely N-dealkylation sites (tertiary alicyclic amines) is 2. The highest BCUT2D eigenvalue weighted by molar-refractivity contribution is 5.95. The van der Waals surface area contributed by atoms with Crippen LogP contribution in [-0.4, -0.2) is 195 Å². The van der Waals surface area contributed by atoms with E-state index in [4.69, 9.17) is 14.2 Å². The van der Waals surface area contributed by atoms with Crippen LogP contribution in [0.3, 0.4) is 0 Å². The van der Waals surface area contributed by atoms with Crippen LogP contribution in [0.2, 0.25) is 0 Å². The van der Waals surface area contributed by atoms with E-state index >= 15 is 0 Å². The molecule has 1 N–H and O–H groups in total. The molecule has 2 atom stereocenters. The topological polar surface area (TPSA) is 148 Å². The van der Waals surface area contributed by atoms with Gasteiger partial charge >= 0.3 is 18.4 Å². The Kier molecular flexibility index (Phi) is 23.4. The SMILES string of the molecule is CN(CCN1CCC(OC(=O)Nc2ccccc2-c2ccccc2)CC1)C(=O)CCCCCN1CCN(CCCCCN(C)C(=O)CO[C@H]2Cc3ccccc3C23CCN(CC[C@@]2(c4ccc(F)cc4)CN(C(=O)c4cc(C(F)(F)F)cc(C(F)(F)F)c4)CO2)CC3)C(=O)C1. The van der Waals surface area contributed by atoms with E-state index in [0.29, 0.717) is 101 Å². The number of para-hydroxylation sites is 1. The van der Waals surface area contributed by atoms with Gasteiger partial charge in [-0.15, -0.1) is 0 Å². The van der Waals surface area contributed by atoms with Crippen molar-refractivity contribution in [3.63, 3.8) is 0 Å². The molecule has 1 aliphatic carbocycles. The fourth-order valence-electron chi connectivity index (χ4n) is 14.1. The predicted molar refractivity (Wildman–Crippen MR) is 345 cm³/mol. The zero-order valence-corrected chi connectivity index (χ0v) is 54.3. The van der Waals surface area contributed by atoms with Crippen molar-refractivity contribution in [1.82, 2.24) is 34.3 Å². The lowest BCUT2D eigenvalue weighted by atomic mass is 9.72. The normalized spacial score (nSPS) is 19.7. The Morgan fingerprint density at radius 2 is 1.32 bits per heavy atom. The minimum atomic E-state index is -5.14. The molecule has 4 heterocycles. The van der Waals surface area contributed by atoms with Crippen LogP contribution < -0.4 is 5.32 Å². The molecule has 95 heavy (non-hydrogen) atoms. The molecule has 5 aromatic carbocycles. The maximum atomic E-state index is 14.2. The van der Waals surface area contributed by atoms with Gasteiger partial charge in [0.25, 0.3) is 5.91 Å². The summed E-state index contributed by atoms with van der Waals surface area (Å²) in [5.41, 5.74) is -0.119. The van der Waals surface area contributed by atoms with E-state index in [1.807, 2.05) is 78.7 Å². The van der Waals surface area contributed by atoms with E-state index in [2.05, 4.69) is 32.1 Å². The molecule has 0 unspecified atom stereocenters. The van der Waals surface area contributed by atoms with Gasteiger partial charge in [-0.1, -0.05) is 91.3 Å². The lowest BCUT2D eigenvalue weighted by molar-refractivity contribution is -0.143. The second-order valence-corrected chi connectivity index (χ2v) is 26.1. The first-order valence-corrected chi connectivity index (χ1v) is 33.3. The van der Waals surface area contributed by atoms with Crippen LogP contribution in [0.4, 0.5) is 41.2 Å². The number of nitrogens with zero attached hydrogens (tertiary/aromatic N) is 7. The van der Waals surface area contributed by atoms with Crippen molar-refractivity contribution in [2.75, 3.05) is 124 Å². The van der Waals surface area contributed by atoms with E-state index in [0.717, 1.165) is 106 Å². The third-order valence-electron chi connectivity index (χ3n) is 19.8. The first kappa shape index (κ1) is 70.4. The average Bonchev–Trinajstić information content (AvgIpc) is 1.61. The highest BCUT2D eigenvalue weighted by Crippen LogP contribution is 2.48. The average molecular weight is 1330 g/mol. The van der Waals surface area contributed by atoms with E-state index in [-0.39, 0.29) is 61.0 Å². The summed E-state index contributed by atoms with van der Waals surface area (Å²) in [5.74, 6) is -1.47. The molecule has 0 saturated carbocycles. The first-order chi connectivity index (χ1) is 45.6. The van der Waals surface area contributed by atoms with Gasteiger partial charge in [-0.2, -0.15) is 26.3 Å². The third-order valence-corrected chi connectivity index (χ3v) is 19.8. The molecule has 0 aromatic heterocycles. The fraction of sp³-hybridized carbons (Fsp3) is 0.514. The number of carbonyl (C=O) groups is 5. The summed E-state index contributed by atoms with van der Waals surface area (Å²) < 4.78 is 116. The number of hydrogen-bond acceptors (Lipinski definition) is 11. The van der Waals surface area contributed by atoms with Crippen LogP contribution in [0.1, 0.15) is 115 Å². The van der Waals surface area contributed by atoms with Crippen LogP contribution in [0.5, 0.6) is 0 Å². The molecule has 5 aliphatic rings. The molecule has 5 aromatic rings. The Hall–Kier alpha value is -7.44. The van der Waals surface area contributed by atoms with Crippen molar-refractivity contribution in [1.29, 1.82) is 0 Å². The molecule has 16 nitrogen and oxygen atoms in total. The number of benzene rings is 5. The number of hydrogen-bond donors (Lipinski definition) is 1. The molecule has 512 valence electrons. The van der Waals surface area contributed by atoms with Crippen molar-refractivity contribution in [3.8, 4) is 11.1 Å². The van der Waals surface area contributed by atoms with Crippen molar-refractivity contribution >= 4 is 35.4 Å². The van der Waals surface area contributed by atoms with Gasteiger partial charge in [0.2, 0.25) is 17.7 Å². The van der Waals surface area contributed by atoms with Crippen LogP contribution >= 0.6 is 0 Å². The van der Waals surface area contributed by atoms with E-state index in [9.17, 15) is 54.7 Å². The first-order valence-electron chi connectivity index (χ1n) is 33.3. The zero-order chi connectivity index (χ0) is 67.3. The van der Waals surface area contributed by atoms with Gasteiger partial charge in [0.05, 0.1) is 36.0 Å². The molecule has 4 aliphatic heterocycles. The molecule has 23 heteroatoms. The number of carbonyl (C=O) groups excluding carboxylic acids is 5. The smallest absolute Gasteiger partial charge is 0.416 e. The summed E-state index contributed by atoms with van der Waals surface area (Å²) >= 11 is 0. The number of piperidine rings is 2. The number of nitrogens with one attached hydrogen (secondary N) is 1. The van der Waals surface area contributed by atoms with Gasteiger partial charge in [0.1, 0.15) is 30.9 Å². The number of anilines is 1. The molecule has 4 fully saturated rings. The van der Waals surface area contributed by atoms with Crippen molar-refractivity contribution in [3.05, 3.63) is 161 Å². The molecule has 1 spiro atoms. The largest absolute Gasteiger partial charge is 0.446 e. The van der Waals surface area contributed by atoms with Crippen LogP contribution in [0.15, 0.2) is 121 Å². The number of amides is 5. The molecular formula is C72H87F7N8O8. The van der Waals surface area contributed by atoms with Gasteiger partial charge in [-0.05, 0) is 149 Å². The molecule has 5 amide bonds.